The second kappa shape index (κ2) is 18.8. The molecule has 0 aliphatic rings. The number of hydrogen-bond donors (Lipinski definition) is 0. The Labute approximate surface area is 193 Å². The number of hydrogen-bond acceptors (Lipinski definition) is 4. The molecule has 0 saturated carbocycles. The molecule has 4 heteroatoms. The fourth-order valence-corrected chi connectivity index (χ4v) is 3.53. The molecule has 0 aromatic carbocycles. The Morgan fingerprint density at radius 1 is 0.645 bits per heavy atom. The highest BCUT2D eigenvalue weighted by Gasteiger charge is 2.18. The van der Waals surface area contributed by atoms with E-state index >= 15 is 0 Å². The number of unbranched alkanes of at least 4 members (excludes halogenated alkanes) is 7. The highest BCUT2D eigenvalue weighted by molar-refractivity contribution is 5.80. The molecular formula is C27H52O4. The SMILES string of the molecule is CC(C)CCCOC(C)(C)OCCCC(=O)CCCCCCCCCCC(=O)C(C)C. The molecule has 0 rings (SSSR count). The molecule has 0 radical (unpaired) electrons. The largest absolute Gasteiger partial charge is 0.351 e. The topological polar surface area (TPSA) is 52.6 Å². The molecule has 0 aliphatic carbocycles. The Morgan fingerprint density at radius 2 is 1.10 bits per heavy atom. The minimum absolute atomic E-state index is 0.181. The van der Waals surface area contributed by atoms with Gasteiger partial charge in [-0.2, -0.15) is 0 Å². The Bertz CT molecular complexity index is 454. The predicted octanol–water partition coefficient (Wildman–Crippen LogP) is 7.67. The average molecular weight is 441 g/mol. The average Bonchev–Trinajstić information content (AvgIpc) is 2.69. The molecule has 0 aromatic rings. The number of carbonyl (C=O) groups excluding carboxylic acids is 2. The van der Waals surface area contributed by atoms with Crippen molar-refractivity contribution >= 4 is 11.6 Å². The van der Waals surface area contributed by atoms with Gasteiger partial charge in [0.1, 0.15) is 11.6 Å². The molecule has 0 unspecified atom stereocenters. The number of carbonyl (C=O) groups is 2. The van der Waals surface area contributed by atoms with E-state index in [4.69, 9.17) is 9.47 Å². The highest BCUT2D eigenvalue weighted by atomic mass is 16.7. The van der Waals surface area contributed by atoms with Crippen LogP contribution in [0.25, 0.3) is 0 Å². The van der Waals surface area contributed by atoms with E-state index in [0.29, 0.717) is 36.9 Å². The van der Waals surface area contributed by atoms with Crippen molar-refractivity contribution in [3.8, 4) is 0 Å². The zero-order chi connectivity index (χ0) is 23.5. The molecule has 0 aromatic heterocycles. The van der Waals surface area contributed by atoms with Gasteiger partial charge >= 0.3 is 0 Å². The van der Waals surface area contributed by atoms with Gasteiger partial charge in [-0.05, 0) is 51.9 Å². The summed E-state index contributed by atoms with van der Waals surface area (Å²) in [5.74, 6) is 1.07. The molecule has 0 heterocycles. The van der Waals surface area contributed by atoms with Crippen LogP contribution in [0.1, 0.15) is 131 Å². The van der Waals surface area contributed by atoms with Crippen LogP contribution in [0.2, 0.25) is 0 Å². The summed E-state index contributed by atoms with van der Waals surface area (Å²) in [4.78, 5) is 23.6. The molecular weight excluding hydrogens is 388 g/mol. The third-order valence-corrected chi connectivity index (χ3v) is 5.70. The fourth-order valence-electron chi connectivity index (χ4n) is 3.53. The summed E-state index contributed by atoms with van der Waals surface area (Å²) in [5.41, 5.74) is 0. The second-order valence-corrected chi connectivity index (χ2v) is 10.2. The lowest BCUT2D eigenvalue weighted by molar-refractivity contribution is -0.214. The van der Waals surface area contributed by atoms with Crippen LogP contribution in [0.15, 0.2) is 0 Å². The summed E-state index contributed by atoms with van der Waals surface area (Å²) in [5, 5.41) is 0. The molecule has 184 valence electrons. The zero-order valence-electron chi connectivity index (χ0n) is 21.6. The first-order valence-corrected chi connectivity index (χ1v) is 13.0. The lowest BCUT2D eigenvalue weighted by Gasteiger charge is -2.26. The molecule has 0 aliphatic heterocycles. The van der Waals surface area contributed by atoms with Crippen LogP contribution in [0.5, 0.6) is 0 Å². The fraction of sp³-hybridized carbons (Fsp3) is 0.926. The van der Waals surface area contributed by atoms with Crippen LogP contribution in [-0.4, -0.2) is 30.6 Å². The Balaban J connectivity index is 3.47. The first-order chi connectivity index (χ1) is 14.6. The van der Waals surface area contributed by atoms with Crippen LogP contribution in [0, 0.1) is 11.8 Å². The molecule has 0 N–H and O–H groups in total. The third kappa shape index (κ3) is 20.9. The van der Waals surface area contributed by atoms with E-state index in [9.17, 15) is 9.59 Å². The van der Waals surface area contributed by atoms with E-state index in [1.807, 2.05) is 27.7 Å². The van der Waals surface area contributed by atoms with Crippen LogP contribution in [-0.2, 0) is 19.1 Å². The maximum atomic E-state index is 12.0. The minimum atomic E-state index is -0.565. The number of rotatable bonds is 22. The molecule has 0 fully saturated rings. The maximum Gasteiger partial charge on any atom is 0.162 e. The molecule has 0 bridgehead atoms. The second-order valence-electron chi connectivity index (χ2n) is 10.2. The van der Waals surface area contributed by atoms with E-state index in [-0.39, 0.29) is 5.92 Å². The van der Waals surface area contributed by atoms with Crippen molar-refractivity contribution in [3.63, 3.8) is 0 Å². The highest BCUT2D eigenvalue weighted by Crippen LogP contribution is 2.15. The molecule has 31 heavy (non-hydrogen) atoms. The van der Waals surface area contributed by atoms with Crippen molar-refractivity contribution in [1.29, 1.82) is 0 Å². The Morgan fingerprint density at radius 3 is 1.61 bits per heavy atom. The van der Waals surface area contributed by atoms with Gasteiger partial charge in [-0.1, -0.05) is 66.2 Å². The summed E-state index contributed by atoms with van der Waals surface area (Å²) in [6.45, 7) is 13.6. The first kappa shape index (κ1) is 30.3. The molecule has 0 saturated heterocycles. The van der Waals surface area contributed by atoms with Gasteiger partial charge in [0.15, 0.2) is 5.79 Å². The van der Waals surface area contributed by atoms with Gasteiger partial charge in [-0.15, -0.1) is 0 Å². The summed E-state index contributed by atoms with van der Waals surface area (Å²) in [6.07, 6.45) is 14.3. The van der Waals surface area contributed by atoms with Crippen molar-refractivity contribution in [1.82, 2.24) is 0 Å². The van der Waals surface area contributed by atoms with Gasteiger partial charge in [0.25, 0.3) is 0 Å². The molecule has 0 atom stereocenters. The van der Waals surface area contributed by atoms with E-state index in [1.54, 1.807) is 0 Å². The molecule has 0 amide bonds. The summed E-state index contributed by atoms with van der Waals surface area (Å²) < 4.78 is 11.6. The zero-order valence-corrected chi connectivity index (χ0v) is 21.6. The van der Waals surface area contributed by atoms with E-state index < -0.39 is 5.79 Å². The normalized spacial score (nSPS) is 12.1. The van der Waals surface area contributed by atoms with E-state index in [1.165, 1.54) is 38.5 Å². The van der Waals surface area contributed by atoms with E-state index in [0.717, 1.165) is 45.1 Å². The summed E-state index contributed by atoms with van der Waals surface area (Å²) >= 11 is 0. The van der Waals surface area contributed by atoms with Gasteiger partial charge < -0.3 is 9.47 Å². The van der Waals surface area contributed by atoms with Crippen molar-refractivity contribution in [3.05, 3.63) is 0 Å². The van der Waals surface area contributed by atoms with Crippen LogP contribution in [0.4, 0.5) is 0 Å². The van der Waals surface area contributed by atoms with Crippen LogP contribution < -0.4 is 0 Å². The number of ether oxygens (including phenoxy) is 2. The van der Waals surface area contributed by atoms with Gasteiger partial charge in [-0.3, -0.25) is 9.59 Å². The molecule has 0 spiro atoms. The number of Topliss-reactive ketones (excluding diaryl/α,β-unsaturated/α-hetero) is 2. The van der Waals surface area contributed by atoms with Gasteiger partial charge in [-0.25, -0.2) is 0 Å². The van der Waals surface area contributed by atoms with Crippen molar-refractivity contribution in [2.75, 3.05) is 13.2 Å². The van der Waals surface area contributed by atoms with Gasteiger partial charge in [0, 0.05) is 25.2 Å². The third-order valence-electron chi connectivity index (χ3n) is 5.70. The minimum Gasteiger partial charge on any atom is -0.351 e. The summed E-state index contributed by atoms with van der Waals surface area (Å²) in [7, 11) is 0. The van der Waals surface area contributed by atoms with Crippen molar-refractivity contribution < 1.29 is 19.1 Å². The monoisotopic (exact) mass is 440 g/mol. The molecule has 4 nitrogen and oxygen atoms in total. The van der Waals surface area contributed by atoms with Gasteiger partial charge in [0.2, 0.25) is 0 Å². The Kier molecular flexibility index (Phi) is 18.3. The lowest BCUT2D eigenvalue weighted by atomic mass is 10.0. The predicted molar refractivity (Wildman–Crippen MR) is 130 cm³/mol. The first-order valence-electron chi connectivity index (χ1n) is 13.0. The van der Waals surface area contributed by atoms with Crippen LogP contribution >= 0.6 is 0 Å². The van der Waals surface area contributed by atoms with Gasteiger partial charge in [0.05, 0.1) is 13.2 Å². The quantitative estimate of drug-likeness (QED) is 0.128. The smallest absolute Gasteiger partial charge is 0.162 e. The van der Waals surface area contributed by atoms with E-state index in [2.05, 4.69) is 13.8 Å². The standard InChI is InChI=1S/C27H52O4/c1-23(2)17-15-21-30-27(5,6)31-22-16-19-25(28)18-13-11-9-7-8-10-12-14-20-26(29)24(3)4/h23-24H,7-22H2,1-6H3. The van der Waals surface area contributed by atoms with Crippen LogP contribution in [0.3, 0.4) is 0 Å². The van der Waals surface area contributed by atoms with Crippen molar-refractivity contribution in [2.45, 2.75) is 137 Å². The number of ketones is 2. The van der Waals surface area contributed by atoms with Crippen molar-refractivity contribution in [2.24, 2.45) is 11.8 Å². The Hall–Kier alpha value is -0.740. The lowest BCUT2D eigenvalue weighted by Crippen LogP contribution is -2.29. The summed E-state index contributed by atoms with van der Waals surface area (Å²) in [6, 6.07) is 0. The maximum absolute atomic E-state index is 12.0.